The Morgan fingerprint density at radius 1 is 0.521 bits per heavy atom. The average molecular weight is 1130 g/mol. The Balaban J connectivity index is 0.00000741. The Kier molecular flexibility index (Phi) is 14.5. The van der Waals surface area contributed by atoms with E-state index >= 15 is 0 Å². The number of hydrogen-bond acceptors (Lipinski definition) is 4. The zero-order valence-electron chi connectivity index (χ0n) is 45.8. The molecule has 0 saturated carbocycles. The molecule has 6 aromatic carbocycles. The van der Waals surface area contributed by atoms with Gasteiger partial charge in [0, 0.05) is 43.3 Å². The molecule has 0 aliphatic heterocycles. The van der Waals surface area contributed by atoms with Gasteiger partial charge in [-0.15, -0.1) is 29.3 Å². The molecule has 0 aliphatic rings. The van der Waals surface area contributed by atoms with Crippen molar-refractivity contribution < 1.29 is 26.2 Å². The summed E-state index contributed by atoms with van der Waals surface area (Å²) in [5.41, 5.74) is 15.2. The monoisotopic (exact) mass is 1120 g/mol. The zero-order chi connectivity index (χ0) is 51.0. The number of phenols is 1. The second kappa shape index (κ2) is 19.2. The molecule has 0 saturated heterocycles. The molecule has 6 heteroatoms. The minimum Gasteiger partial charge on any atom is -0.507 e. The number of phenolic OH excluding ortho intramolecular Hbond substituents is 1. The molecule has 0 unspecified atom stereocenters. The van der Waals surface area contributed by atoms with Crippen molar-refractivity contribution in [3.05, 3.63) is 149 Å². The molecule has 374 valence electrons. The van der Waals surface area contributed by atoms with Crippen LogP contribution in [-0.2, 0) is 48.1 Å². The molecular formula is C65H77N4OPt-. The first kappa shape index (κ1) is 53.4. The van der Waals surface area contributed by atoms with Gasteiger partial charge in [-0.05, 0) is 97.4 Å². The topological polar surface area (TPSA) is 63.8 Å². The van der Waals surface area contributed by atoms with E-state index in [1.165, 1.54) is 16.7 Å². The predicted octanol–water partition coefficient (Wildman–Crippen LogP) is 17.5. The third-order valence-corrected chi connectivity index (χ3v) is 15.2. The Hall–Kier alpha value is -5.38. The molecule has 2 aromatic heterocycles. The van der Waals surface area contributed by atoms with E-state index in [1.54, 1.807) is 6.33 Å². The van der Waals surface area contributed by atoms with Gasteiger partial charge in [0.05, 0.1) is 27.8 Å². The van der Waals surface area contributed by atoms with Crippen molar-refractivity contribution in [3.8, 4) is 56.3 Å². The Morgan fingerprint density at radius 3 is 1.69 bits per heavy atom. The maximum atomic E-state index is 12.6. The number of rotatable bonds is 9. The first-order valence-corrected chi connectivity index (χ1v) is 25.6. The fourth-order valence-electron chi connectivity index (χ4n) is 11.4. The van der Waals surface area contributed by atoms with Crippen molar-refractivity contribution in [1.82, 2.24) is 19.5 Å². The third-order valence-electron chi connectivity index (χ3n) is 15.2. The van der Waals surface area contributed by atoms with Crippen LogP contribution < -0.4 is 0 Å². The second-order valence-electron chi connectivity index (χ2n) is 25.0. The molecule has 0 bridgehead atoms. The van der Waals surface area contributed by atoms with Crippen LogP contribution in [0, 0.1) is 23.8 Å². The quantitative estimate of drug-likeness (QED) is 0.146. The second-order valence-corrected chi connectivity index (χ2v) is 25.0. The van der Waals surface area contributed by atoms with E-state index in [2.05, 4.69) is 244 Å². The fourth-order valence-corrected chi connectivity index (χ4v) is 11.4. The summed E-state index contributed by atoms with van der Waals surface area (Å²) < 4.78 is 2.29. The normalized spacial score (nSPS) is 13.0. The fraction of sp³-hybridized carbons (Fsp3) is 0.400. The minimum absolute atomic E-state index is 0. The van der Waals surface area contributed by atoms with Crippen molar-refractivity contribution in [1.29, 1.82) is 0 Å². The number of imidazole rings is 1. The molecule has 1 N–H and O–H groups in total. The molecule has 0 fully saturated rings. The molecule has 2 heterocycles. The molecule has 0 spiro atoms. The van der Waals surface area contributed by atoms with Gasteiger partial charge < -0.3 is 5.11 Å². The molecule has 5 nitrogen and oxygen atoms in total. The summed E-state index contributed by atoms with van der Waals surface area (Å²) in [6, 6.07) is 43.7. The standard InChI is InChI=1S/C65H77N4O.Pt/c1-39(2)65(40(3)4,41(5)6)46-27-29-50-54(37-46)66-38-67-57(50)44-31-43(32-47(33-44)62(10,11)12)49-25-22-26-56-58(49)68-60(52-35-48(63(13,14)15)36-53(59(52)70)64(16,17)18)69(56)55-30-28-45(61(7,8)9)34-51(55)42-23-20-19-21-24-42;/h19-30,32-41,70H,1-18H3;/q-1;. The van der Waals surface area contributed by atoms with Gasteiger partial charge in [-0.2, -0.15) is 0 Å². The molecule has 8 aromatic rings. The number of aromatic nitrogens is 4. The summed E-state index contributed by atoms with van der Waals surface area (Å²) in [5, 5.41) is 13.6. The van der Waals surface area contributed by atoms with E-state index in [1.807, 2.05) is 0 Å². The van der Waals surface area contributed by atoms with Gasteiger partial charge >= 0.3 is 0 Å². The van der Waals surface area contributed by atoms with Crippen molar-refractivity contribution in [2.45, 2.75) is 152 Å². The summed E-state index contributed by atoms with van der Waals surface area (Å²) in [4.78, 5) is 15.7. The van der Waals surface area contributed by atoms with Gasteiger partial charge in [0.25, 0.3) is 0 Å². The predicted molar refractivity (Wildman–Crippen MR) is 297 cm³/mol. The molecule has 8 rings (SSSR count). The van der Waals surface area contributed by atoms with Crippen molar-refractivity contribution >= 4 is 21.9 Å². The van der Waals surface area contributed by atoms with Crippen molar-refractivity contribution in [2.24, 2.45) is 17.8 Å². The number of para-hydroxylation sites is 1. The van der Waals surface area contributed by atoms with Crippen molar-refractivity contribution in [2.75, 3.05) is 0 Å². The zero-order valence-corrected chi connectivity index (χ0v) is 48.0. The average Bonchev–Trinajstić information content (AvgIpc) is 3.66. The maximum Gasteiger partial charge on any atom is 0.148 e. The van der Waals surface area contributed by atoms with Crippen LogP contribution in [0.4, 0.5) is 0 Å². The first-order valence-electron chi connectivity index (χ1n) is 25.6. The number of nitrogens with zero attached hydrogens (tertiary/aromatic N) is 4. The molecular weight excluding hydrogens is 1050 g/mol. The summed E-state index contributed by atoms with van der Waals surface area (Å²) in [7, 11) is 0. The first-order chi connectivity index (χ1) is 32.6. The van der Waals surface area contributed by atoms with Crippen LogP contribution in [0.15, 0.2) is 116 Å². The summed E-state index contributed by atoms with van der Waals surface area (Å²) >= 11 is 0. The summed E-state index contributed by atoms with van der Waals surface area (Å²) in [5.74, 6) is 2.26. The Morgan fingerprint density at radius 2 is 1.10 bits per heavy atom. The molecule has 0 aliphatic carbocycles. The Labute approximate surface area is 440 Å². The van der Waals surface area contributed by atoms with Crippen molar-refractivity contribution in [3.63, 3.8) is 0 Å². The van der Waals surface area contributed by atoms with E-state index in [4.69, 9.17) is 15.0 Å². The maximum absolute atomic E-state index is 12.6. The molecule has 0 radical (unpaired) electrons. The third kappa shape index (κ3) is 9.82. The number of aromatic hydroxyl groups is 1. The van der Waals surface area contributed by atoms with E-state index in [0.29, 0.717) is 29.1 Å². The van der Waals surface area contributed by atoms with Crippen LogP contribution in [0.25, 0.3) is 72.5 Å². The number of benzene rings is 6. The smallest absolute Gasteiger partial charge is 0.148 e. The van der Waals surface area contributed by atoms with Crippen LogP contribution in [0.1, 0.15) is 152 Å². The van der Waals surface area contributed by atoms with E-state index < -0.39 is 0 Å². The van der Waals surface area contributed by atoms with Gasteiger partial charge in [0.2, 0.25) is 0 Å². The molecule has 0 amide bonds. The van der Waals surface area contributed by atoms with Gasteiger partial charge in [0.1, 0.15) is 17.9 Å². The van der Waals surface area contributed by atoms with Gasteiger partial charge in [0.15, 0.2) is 0 Å². The van der Waals surface area contributed by atoms with Crippen LogP contribution >= 0.6 is 0 Å². The van der Waals surface area contributed by atoms with Gasteiger partial charge in [-0.1, -0.05) is 202 Å². The summed E-state index contributed by atoms with van der Waals surface area (Å²) in [6.07, 6.45) is 1.72. The van der Waals surface area contributed by atoms with E-state index in [-0.39, 0.29) is 53.9 Å². The largest absolute Gasteiger partial charge is 0.507 e. The number of fused-ring (bicyclic) bond motifs is 2. The molecule has 71 heavy (non-hydrogen) atoms. The van der Waals surface area contributed by atoms with Crippen LogP contribution in [-0.4, -0.2) is 24.6 Å². The number of hydrogen-bond donors (Lipinski definition) is 1. The molecule has 0 atom stereocenters. The van der Waals surface area contributed by atoms with Gasteiger partial charge in [-0.25, -0.2) is 9.97 Å². The minimum atomic E-state index is -0.336. The SMILES string of the molecule is CC(C)C(c1ccc2c(-c3[c-]c(-c4cccc5c4nc(-c4cc(C(C)(C)C)cc(C(C)(C)C)c4O)n5-c4ccc(C(C)(C)C)cc4-c4ccccc4)cc(C(C)(C)C)c3)ncnc2c1)(C(C)C)C(C)C.[Pt]. The van der Waals surface area contributed by atoms with Crippen LogP contribution in [0.5, 0.6) is 5.75 Å². The van der Waals surface area contributed by atoms with Crippen LogP contribution in [0.3, 0.4) is 0 Å². The van der Waals surface area contributed by atoms with E-state index in [9.17, 15) is 5.11 Å². The summed E-state index contributed by atoms with van der Waals surface area (Å²) in [6.45, 7) is 41.0. The van der Waals surface area contributed by atoms with Crippen LogP contribution in [0.2, 0.25) is 0 Å². The Bertz CT molecular complexity index is 3220. The van der Waals surface area contributed by atoms with Gasteiger partial charge in [-0.3, -0.25) is 9.55 Å². The van der Waals surface area contributed by atoms with E-state index in [0.717, 1.165) is 72.3 Å².